The molecule has 66 valence electrons. The van der Waals surface area contributed by atoms with E-state index in [1.165, 1.54) is 5.56 Å². The van der Waals surface area contributed by atoms with E-state index in [0.29, 0.717) is 5.88 Å². The summed E-state index contributed by atoms with van der Waals surface area (Å²) in [5, 5.41) is 0. The summed E-state index contributed by atoms with van der Waals surface area (Å²) in [4.78, 5) is 3.99. The number of pyridine rings is 1. The molecule has 2 heteroatoms. The Labute approximate surface area is 78.8 Å². The minimum absolute atomic E-state index is 0.171. The number of alkyl halides is 1. The number of hydrogen-bond acceptors (Lipinski definition) is 1. The molecule has 0 aromatic carbocycles. The standard InChI is InChI=1S/C10H14ClN/c1-10(2,5-6-11)9-3-7-12-8-4-9/h3-4,7-8H,5-6H2,1-2H3. The first-order valence-electron chi connectivity index (χ1n) is 4.13. The maximum absolute atomic E-state index is 5.72. The molecule has 12 heavy (non-hydrogen) atoms. The number of nitrogens with zero attached hydrogens (tertiary/aromatic N) is 1. The minimum Gasteiger partial charge on any atom is -0.265 e. The maximum atomic E-state index is 5.72. The van der Waals surface area contributed by atoms with Crippen LogP contribution in [0.1, 0.15) is 25.8 Å². The smallest absolute Gasteiger partial charge is 0.0270 e. The Morgan fingerprint density at radius 1 is 1.33 bits per heavy atom. The second kappa shape index (κ2) is 3.90. The van der Waals surface area contributed by atoms with E-state index in [1.807, 2.05) is 24.5 Å². The van der Waals surface area contributed by atoms with Crippen LogP contribution < -0.4 is 0 Å². The van der Waals surface area contributed by atoms with Crippen molar-refractivity contribution in [1.29, 1.82) is 0 Å². The van der Waals surface area contributed by atoms with Crippen molar-refractivity contribution in [2.75, 3.05) is 5.88 Å². The second-order valence-electron chi connectivity index (χ2n) is 3.56. The monoisotopic (exact) mass is 183 g/mol. The van der Waals surface area contributed by atoms with Gasteiger partial charge >= 0.3 is 0 Å². The normalized spacial score (nSPS) is 11.6. The molecular formula is C10H14ClN. The molecule has 0 radical (unpaired) electrons. The summed E-state index contributed by atoms with van der Waals surface area (Å²) in [7, 11) is 0. The third-order valence-corrected chi connectivity index (χ3v) is 2.37. The van der Waals surface area contributed by atoms with E-state index >= 15 is 0 Å². The molecule has 0 saturated carbocycles. The van der Waals surface area contributed by atoms with Gasteiger partial charge in [-0.2, -0.15) is 0 Å². The predicted molar refractivity (Wildman–Crippen MR) is 52.6 cm³/mol. The summed E-state index contributed by atoms with van der Waals surface area (Å²) < 4.78 is 0. The zero-order valence-electron chi connectivity index (χ0n) is 7.55. The highest BCUT2D eigenvalue weighted by Crippen LogP contribution is 2.26. The Bertz CT molecular complexity index is 231. The molecule has 0 spiro atoms. The van der Waals surface area contributed by atoms with Crippen LogP contribution in [0, 0.1) is 0 Å². The van der Waals surface area contributed by atoms with Crippen molar-refractivity contribution in [2.45, 2.75) is 25.7 Å². The second-order valence-corrected chi connectivity index (χ2v) is 3.94. The van der Waals surface area contributed by atoms with Gasteiger partial charge in [-0.15, -0.1) is 11.6 Å². The number of halogens is 1. The zero-order valence-corrected chi connectivity index (χ0v) is 8.30. The lowest BCUT2D eigenvalue weighted by atomic mass is 9.83. The lowest BCUT2D eigenvalue weighted by molar-refractivity contribution is 0.509. The van der Waals surface area contributed by atoms with Gasteiger partial charge in [0.15, 0.2) is 0 Å². The molecular weight excluding hydrogens is 170 g/mol. The lowest BCUT2D eigenvalue weighted by Crippen LogP contribution is -2.17. The van der Waals surface area contributed by atoms with Gasteiger partial charge in [0.2, 0.25) is 0 Å². The van der Waals surface area contributed by atoms with Crippen molar-refractivity contribution < 1.29 is 0 Å². The van der Waals surface area contributed by atoms with Crippen LogP contribution in [0.2, 0.25) is 0 Å². The third-order valence-electron chi connectivity index (χ3n) is 2.18. The van der Waals surface area contributed by atoms with E-state index in [9.17, 15) is 0 Å². The van der Waals surface area contributed by atoms with Gasteiger partial charge < -0.3 is 0 Å². The molecule has 1 aromatic rings. The van der Waals surface area contributed by atoms with Crippen molar-refractivity contribution in [3.63, 3.8) is 0 Å². The number of rotatable bonds is 3. The number of hydrogen-bond donors (Lipinski definition) is 0. The van der Waals surface area contributed by atoms with Crippen LogP contribution >= 0.6 is 11.6 Å². The highest BCUT2D eigenvalue weighted by atomic mass is 35.5. The van der Waals surface area contributed by atoms with Gasteiger partial charge in [0.05, 0.1) is 0 Å². The van der Waals surface area contributed by atoms with Crippen LogP contribution in [0.4, 0.5) is 0 Å². The molecule has 0 saturated heterocycles. The van der Waals surface area contributed by atoms with Crippen LogP contribution in [0.15, 0.2) is 24.5 Å². The molecule has 0 unspecified atom stereocenters. The third kappa shape index (κ3) is 2.21. The van der Waals surface area contributed by atoms with E-state index in [2.05, 4.69) is 18.8 Å². The molecule has 0 aliphatic heterocycles. The van der Waals surface area contributed by atoms with Crippen molar-refractivity contribution in [3.05, 3.63) is 30.1 Å². The van der Waals surface area contributed by atoms with Crippen LogP contribution in [0.3, 0.4) is 0 Å². The molecule has 1 aromatic heterocycles. The summed E-state index contributed by atoms with van der Waals surface area (Å²) >= 11 is 5.72. The van der Waals surface area contributed by atoms with E-state index in [4.69, 9.17) is 11.6 Å². The quantitative estimate of drug-likeness (QED) is 0.657. The van der Waals surface area contributed by atoms with E-state index < -0.39 is 0 Å². The number of aromatic nitrogens is 1. The van der Waals surface area contributed by atoms with E-state index in [0.717, 1.165) is 6.42 Å². The van der Waals surface area contributed by atoms with Crippen LogP contribution in [-0.2, 0) is 5.41 Å². The van der Waals surface area contributed by atoms with Gasteiger partial charge in [0.1, 0.15) is 0 Å². The van der Waals surface area contributed by atoms with Gasteiger partial charge in [-0.25, -0.2) is 0 Å². The Kier molecular flexibility index (Phi) is 3.10. The molecule has 0 fully saturated rings. The Balaban J connectivity index is 2.82. The first-order valence-corrected chi connectivity index (χ1v) is 4.67. The average molecular weight is 184 g/mol. The lowest BCUT2D eigenvalue weighted by Gasteiger charge is -2.23. The van der Waals surface area contributed by atoms with Crippen LogP contribution in [0.5, 0.6) is 0 Å². The fraction of sp³-hybridized carbons (Fsp3) is 0.500. The fourth-order valence-electron chi connectivity index (χ4n) is 1.18. The van der Waals surface area contributed by atoms with Crippen molar-refractivity contribution in [1.82, 2.24) is 4.98 Å². The van der Waals surface area contributed by atoms with Crippen LogP contribution in [-0.4, -0.2) is 10.9 Å². The molecule has 1 rings (SSSR count). The first-order chi connectivity index (χ1) is 5.67. The molecule has 1 heterocycles. The molecule has 0 atom stereocenters. The molecule has 0 N–H and O–H groups in total. The highest BCUT2D eigenvalue weighted by molar-refractivity contribution is 6.17. The van der Waals surface area contributed by atoms with E-state index in [-0.39, 0.29) is 5.41 Å². The molecule has 0 aliphatic rings. The van der Waals surface area contributed by atoms with Gasteiger partial charge in [-0.1, -0.05) is 13.8 Å². The Morgan fingerprint density at radius 2 is 1.92 bits per heavy atom. The van der Waals surface area contributed by atoms with Gasteiger partial charge in [-0.05, 0) is 29.5 Å². The molecule has 1 nitrogen and oxygen atoms in total. The summed E-state index contributed by atoms with van der Waals surface area (Å²) in [6.45, 7) is 4.40. The van der Waals surface area contributed by atoms with Gasteiger partial charge in [0, 0.05) is 18.3 Å². The molecule has 0 aliphatic carbocycles. The van der Waals surface area contributed by atoms with Crippen molar-refractivity contribution in [3.8, 4) is 0 Å². The summed E-state index contributed by atoms with van der Waals surface area (Å²) in [6, 6.07) is 4.10. The average Bonchev–Trinajstić information content (AvgIpc) is 2.06. The predicted octanol–water partition coefficient (Wildman–Crippen LogP) is 2.99. The summed E-state index contributed by atoms with van der Waals surface area (Å²) in [6.07, 6.45) is 4.65. The Morgan fingerprint density at radius 3 is 2.42 bits per heavy atom. The minimum atomic E-state index is 0.171. The zero-order chi connectivity index (χ0) is 9.03. The van der Waals surface area contributed by atoms with Gasteiger partial charge in [0.25, 0.3) is 0 Å². The summed E-state index contributed by atoms with van der Waals surface area (Å²) in [5.74, 6) is 0.704. The SMILES string of the molecule is CC(C)(CCCl)c1ccncc1. The molecule has 0 amide bonds. The Hall–Kier alpha value is -0.560. The maximum Gasteiger partial charge on any atom is 0.0270 e. The molecule has 0 bridgehead atoms. The van der Waals surface area contributed by atoms with Crippen molar-refractivity contribution in [2.24, 2.45) is 0 Å². The summed E-state index contributed by atoms with van der Waals surface area (Å²) in [5.41, 5.74) is 1.48. The largest absolute Gasteiger partial charge is 0.265 e. The van der Waals surface area contributed by atoms with Crippen molar-refractivity contribution >= 4 is 11.6 Å². The van der Waals surface area contributed by atoms with Crippen LogP contribution in [0.25, 0.3) is 0 Å². The highest BCUT2D eigenvalue weighted by Gasteiger charge is 2.18. The van der Waals surface area contributed by atoms with Gasteiger partial charge in [-0.3, -0.25) is 4.98 Å². The van der Waals surface area contributed by atoms with E-state index in [1.54, 1.807) is 0 Å². The fourth-order valence-corrected chi connectivity index (χ4v) is 1.66. The first kappa shape index (κ1) is 9.53. The topological polar surface area (TPSA) is 12.9 Å².